The van der Waals surface area contributed by atoms with E-state index >= 15 is 0 Å². The van der Waals surface area contributed by atoms with Crippen molar-refractivity contribution in [2.24, 2.45) is 0 Å². The number of aliphatic hydroxyl groups excluding tert-OH is 1. The van der Waals surface area contributed by atoms with Crippen LogP contribution in [-0.4, -0.2) is 41.0 Å². The van der Waals surface area contributed by atoms with E-state index in [0.717, 1.165) is 24.0 Å². The van der Waals surface area contributed by atoms with Gasteiger partial charge in [0.05, 0.1) is 6.61 Å². The molecule has 0 fully saturated rings. The zero-order chi connectivity index (χ0) is 15.8. The van der Waals surface area contributed by atoms with Gasteiger partial charge in [-0.1, -0.05) is 24.2 Å². The molecule has 0 unspecified atom stereocenters. The van der Waals surface area contributed by atoms with Crippen molar-refractivity contribution in [3.63, 3.8) is 0 Å². The molecule has 1 heterocycles. The monoisotopic (exact) mass is 304 g/mol. The number of urea groups is 1. The SMILES string of the molecule is CCc1noc(-c2ccc(CCNC(=O)NCCO)cc2)n1. The van der Waals surface area contributed by atoms with Gasteiger partial charge >= 0.3 is 6.03 Å². The fourth-order valence-corrected chi connectivity index (χ4v) is 1.88. The minimum Gasteiger partial charge on any atom is -0.395 e. The second-order valence-corrected chi connectivity index (χ2v) is 4.72. The second-order valence-electron chi connectivity index (χ2n) is 4.72. The smallest absolute Gasteiger partial charge is 0.314 e. The standard InChI is InChI=1S/C15H20N4O3/c1-2-13-18-14(22-19-13)12-5-3-11(4-6-12)7-8-16-15(21)17-9-10-20/h3-6,20H,2,7-10H2,1H3,(H2,16,17,21). The molecule has 22 heavy (non-hydrogen) atoms. The summed E-state index contributed by atoms with van der Waals surface area (Å²) in [5, 5.41) is 17.7. The molecule has 0 radical (unpaired) electrons. The first-order chi connectivity index (χ1) is 10.7. The first-order valence-electron chi connectivity index (χ1n) is 7.27. The van der Waals surface area contributed by atoms with E-state index in [2.05, 4.69) is 20.8 Å². The Labute approximate surface area is 128 Å². The van der Waals surface area contributed by atoms with Crippen LogP contribution < -0.4 is 10.6 Å². The van der Waals surface area contributed by atoms with Crippen LogP contribution in [-0.2, 0) is 12.8 Å². The minimum atomic E-state index is -0.274. The lowest BCUT2D eigenvalue weighted by molar-refractivity contribution is 0.234. The van der Waals surface area contributed by atoms with Gasteiger partial charge in [0.25, 0.3) is 5.89 Å². The third-order valence-electron chi connectivity index (χ3n) is 3.08. The van der Waals surface area contributed by atoms with E-state index in [9.17, 15) is 4.79 Å². The van der Waals surface area contributed by atoms with Crippen molar-refractivity contribution in [2.45, 2.75) is 19.8 Å². The summed E-state index contributed by atoms with van der Waals surface area (Å²) in [5.41, 5.74) is 1.98. The van der Waals surface area contributed by atoms with Gasteiger partial charge in [0.2, 0.25) is 0 Å². The molecular formula is C15H20N4O3. The van der Waals surface area contributed by atoms with Gasteiger partial charge in [0, 0.05) is 25.1 Å². The maximum Gasteiger partial charge on any atom is 0.314 e. The predicted octanol–water partition coefficient (Wildman–Crippen LogP) is 1.13. The highest BCUT2D eigenvalue weighted by molar-refractivity contribution is 5.73. The van der Waals surface area contributed by atoms with Gasteiger partial charge in [0.15, 0.2) is 5.82 Å². The lowest BCUT2D eigenvalue weighted by Crippen LogP contribution is -2.37. The maximum atomic E-state index is 11.3. The van der Waals surface area contributed by atoms with E-state index < -0.39 is 0 Å². The summed E-state index contributed by atoms with van der Waals surface area (Å²) in [6.07, 6.45) is 1.46. The zero-order valence-electron chi connectivity index (χ0n) is 12.5. The van der Waals surface area contributed by atoms with Crippen LogP contribution in [0.15, 0.2) is 28.8 Å². The van der Waals surface area contributed by atoms with Crippen LogP contribution in [0, 0.1) is 0 Å². The Kier molecular flexibility index (Phi) is 5.91. The molecule has 3 N–H and O–H groups in total. The van der Waals surface area contributed by atoms with E-state index in [1.165, 1.54) is 0 Å². The average molecular weight is 304 g/mol. The number of hydrogen-bond acceptors (Lipinski definition) is 5. The summed E-state index contributed by atoms with van der Waals surface area (Å²) in [4.78, 5) is 15.6. The van der Waals surface area contributed by atoms with Crippen molar-refractivity contribution in [3.8, 4) is 11.5 Å². The molecule has 1 aromatic heterocycles. The maximum absolute atomic E-state index is 11.3. The fraction of sp³-hybridized carbons (Fsp3) is 0.400. The van der Waals surface area contributed by atoms with E-state index in [1.54, 1.807) is 0 Å². The number of nitrogens with zero attached hydrogens (tertiary/aromatic N) is 2. The Balaban J connectivity index is 1.83. The van der Waals surface area contributed by atoms with Crippen LogP contribution in [0.1, 0.15) is 18.3 Å². The van der Waals surface area contributed by atoms with Crippen LogP contribution in [0.25, 0.3) is 11.5 Å². The first-order valence-corrected chi connectivity index (χ1v) is 7.27. The molecule has 0 spiro atoms. The van der Waals surface area contributed by atoms with Crippen molar-refractivity contribution in [2.75, 3.05) is 19.7 Å². The molecule has 0 aliphatic rings. The van der Waals surface area contributed by atoms with E-state index in [1.807, 2.05) is 31.2 Å². The Morgan fingerprint density at radius 1 is 1.23 bits per heavy atom. The van der Waals surface area contributed by atoms with Gasteiger partial charge < -0.3 is 20.3 Å². The van der Waals surface area contributed by atoms with Crippen LogP contribution in [0.2, 0.25) is 0 Å². The van der Waals surface area contributed by atoms with Crippen LogP contribution in [0.4, 0.5) is 4.79 Å². The minimum absolute atomic E-state index is 0.0652. The number of nitrogens with one attached hydrogen (secondary N) is 2. The molecule has 0 saturated carbocycles. The number of aromatic nitrogens is 2. The zero-order valence-corrected chi connectivity index (χ0v) is 12.5. The summed E-state index contributed by atoms with van der Waals surface area (Å²) in [5.74, 6) is 1.21. The molecule has 1 aromatic carbocycles. The second kappa shape index (κ2) is 8.14. The number of hydrogen-bond donors (Lipinski definition) is 3. The van der Waals surface area contributed by atoms with E-state index in [4.69, 9.17) is 9.63 Å². The lowest BCUT2D eigenvalue weighted by atomic mass is 10.1. The molecule has 2 amide bonds. The summed E-state index contributed by atoms with van der Waals surface area (Å²) >= 11 is 0. The molecule has 0 aliphatic carbocycles. The first kappa shape index (κ1) is 16.0. The summed E-state index contributed by atoms with van der Waals surface area (Å²) in [6.45, 7) is 2.69. The molecule has 2 aromatic rings. The van der Waals surface area contributed by atoms with Gasteiger partial charge in [-0.3, -0.25) is 0 Å². The number of rotatable bonds is 7. The number of aliphatic hydroxyl groups is 1. The predicted molar refractivity (Wildman–Crippen MR) is 81.3 cm³/mol. The third-order valence-corrected chi connectivity index (χ3v) is 3.08. The Bertz CT molecular complexity index is 595. The van der Waals surface area contributed by atoms with Gasteiger partial charge in [-0.05, 0) is 24.1 Å². The van der Waals surface area contributed by atoms with Crippen LogP contribution in [0.3, 0.4) is 0 Å². The number of benzene rings is 1. The van der Waals surface area contributed by atoms with Crippen molar-refractivity contribution in [3.05, 3.63) is 35.7 Å². The average Bonchev–Trinajstić information content (AvgIpc) is 3.02. The largest absolute Gasteiger partial charge is 0.395 e. The topological polar surface area (TPSA) is 100 Å². The molecule has 2 rings (SSSR count). The van der Waals surface area contributed by atoms with Gasteiger partial charge in [-0.2, -0.15) is 4.98 Å². The van der Waals surface area contributed by atoms with E-state index in [0.29, 0.717) is 18.3 Å². The number of aryl methyl sites for hydroxylation is 1. The lowest BCUT2D eigenvalue weighted by Gasteiger charge is -2.06. The number of carbonyl (C=O) groups is 1. The normalized spacial score (nSPS) is 10.5. The van der Waals surface area contributed by atoms with Crippen LogP contribution in [0.5, 0.6) is 0 Å². The molecule has 118 valence electrons. The summed E-state index contributed by atoms with van der Waals surface area (Å²) < 4.78 is 5.18. The van der Waals surface area contributed by atoms with Crippen molar-refractivity contribution in [1.82, 2.24) is 20.8 Å². The van der Waals surface area contributed by atoms with Gasteiger partial charge in [-0.25, -0.2) is 4.79 Å². The summed E-state index contributed by atoms with van der Waals surface area (Å²) in [7, 11) is 0. The molecular weight excluding hydrogens is 284 g/mol. The Morgan fingerprint density at radius 2 is 1.95 bits per heavy atom. The molecule has 0 atom stereocenters. The molecule has 0 aliphatic heterocycles. The molecule has 0 bridgehead atoms. The highest BCUT2D eigenvalue weighted by Gasteiger charge is 2.07. The summed E-state index contributed by atoms with van der Waals surface area (Å²) in [6, 6.07) is 7.52. The third kappa shape index (κ3) is 4.56. The quantitative estimate of drug-likeness (QED) is 0.712. The molecule has 7 heteroatoms. The highest BCUT2D eigenvalue weighted by Crippen LogP contribution is 2.18. The number of carbonyl (C=O) groups excluding carboxylic acids is 1. The Morgan fingerprint density at radius 3 is 2.59 bits per heavy atom. The van der Waals surface area contributed by atoms with Gasteiger partial charge in [0.1, 0.15) is 0 Å². The fourth-order valence-electron chi connectivity index (χ4n) is 1.88. The highest BCUT2D eigenvalue weighted by atomic mass is 16.5. The van der Waals surface area contributed by atoms with Gasteiger partial charge in [-0.15, -0.1) is 0 Å². The van der Waals surface area contributed by atoms with Crippen molar-refractivity contribution >= 4 is 6.03 Å². The van der Waals surface area contributed by atoms with Crippen LogP contribution >= 0.6 is 0 Å². The Hall–Kier alpha value is -2.41. The molecule has 7 nitrogen and oxygen atoms in total. The number of amides is 2. The van der Waals surface area contributed by atoms with E-state index in [-0.39, 0.29) is 19.2 Å². The van der Waals surface area contributed by atoms with Crippen molar-refractivity contribution in [1.29, 1.82) is 0 Å². The molecule has 0 saturated heterocycles. The van der Waals surface area contributed by atoms with Crippen molar-refractivity contribution < 1.29 is 14.4 Å².